The van der Waals surface area contributed by atoms with Gasteiger partial charge in [0.05, 0.1) is 0 Å². The monoisotopic (exact) mass is 339 g/mol. The number of hydrogen-bond acceptors (Lipinski definition) is 2. The Kier molecular flexibility index (Phi) is 3.63. The van der Waals surface area contributed by atoms with E-state index in [1.807, 2.05) is 30.3 Å². The van der Waals surface area contributed by atoms with Crippen molar-refractivity contribution in [3.63, 3.8) is 0 Å². The van der Waals surface area contributed by atoms with Gasteiger partial charge in [-0.1, -0.05) is 12.1 Å². The predicted octanol–water partition coefficient (Wildman–Crippen LogP) is 3.05. The lowest BCUT2D eigenvalue weighted by molar-refractivity contribution is -0.113. The number of amides is 1. The number of furan rings is 1. The molecule has 2 rings (SSSR count). The largest absolute Gasteiger partial charge is 0.457 e. The van der Waals surface area contributed by atoms with Crippen LogP contribution >= 0.6 is 22.6 Å². The topological polar surface area (TPSA) is 56.2 Å². The van der Waals surface area contributed by atoms with Gasteiger partial charge in [-0.05, 0) is 52.9 Å². The lowest BCUT2D eigenvalue weighted by atomic mass is 10.2. The average molecular weight is 339 g/mol. The van der Waals surface area contributed by atoms with Crippen LogP contribution in [0.1, 0.15) is 5.76 Å². The molecule has 0 saturated carbocycles. The first-order valence-electron chi connectivity index (χ1n) is 4.98. The van der Waals surface area contributed by atoms with Gasteiger partial charge >= 0.3 is 0 Å². The third-order valence-electron chi connectivity index (χ3n) is 2.15. The molecule has 0 saturated heterocycles. The fourth-order valence-corrected chi connectivity index (χ4v) is 1.95. The number of hydrogen-bond donors (Lipinski definition) is 1. The molecule has 0 aliphatic rings. The summed E-state index contributed by atoms with van der Waals surface area (Å²) in [7, 11) is 0. The molecule has 0 unspecified atom stereocenters. The molecule has 0 spiro atoms. The standard InChI is InChI=1S/C13H10INO2/c14-10-3-1-2-9(8-10)12-6-4-11(17-12)5-7-13(15)16/h1-8H,(H2,15,16). The molecule has 0 fully saturated rings. The molecule has 0 aliphatic carbocycles. The van der Waals surface area contributed by atoms with Crippen LogP contribution in [-0.4, -0.2) is 5.91 Å². The summed E-state index contributed by atoms with van der Waals surface area (Å²) in [5, 5.41) is 0. The molecule has 0 atom stereocenters. The van der Waals surface area contributed by atoms with Gasteiger partial charge in [0.2, 0.25) is 5.91 Å². The van der Waals surface area contributed by atoms with E-state index in [0.29, 0.717) is 5.76 Å². The minimum atomic E-state index is -0.489. The van der Waals surface area contributed by atoms with Crippen molar-refractivity contribution < 1.29 is 9.21 Å². The van der Waals surface area contributed by atoms with Gasteiger partial charge in [-0.3, -0.25) is 4.79 Å². The number of primary amides is 1. The maximum atomic E-state index is 10.6. The number of rotatable bonds is 3. The first kappa shape index (κ1) is 11.9. The van der Waals surface area contributed by atoms with Gasteiger partial charge in [0.1, 0.15) is 11.5 Å². The Hall–Kier alpha value is -1.56. The van der Waals surface area contributed by atoms with Gasteiger partial charge < -0.3 is 10.2 Å². The number of carbonyl (C=O) groups is 1. The maximum Gasteiger partial charge on any atom is 0.241 e. The first-order chi connectivity index (χ1) is 8.15. The van der Waals surface area contributed by atoms with E-state index >= 15 is 0 Å². The van der Waals surface area contributed by atoms with E-state index in [1.54, 1.807) is 12.1 Å². The lowest BCUT2D eigenvalue weighted by Crippen LogP contribution is -2.04. The van der Waals surface area contributed by atoms with Crippen molar-refractivity contribution >= 4 is 34.6 Å². The lowest BCUT2D eigenvalue weighted by Gasteiger charge is -1.96. The normalized spacial score (nSPS) is 10.9. The van der Waals surface area contributed by atoms with E-state index in [-0.39, 0.29) is 0 Å². The van der Waals surface area contributed by atoms with Gasteiger partial charge in [0, 0.05) is 15.2 Å². The Morgan fingerprint density at radius 2 is 2.12 bits per heavy atom. The molecular formula is C13H10INO2. The molecule has 1 aromatic heterocycles. The number of nitrogens with two attached hydrogens (primary N) is 1. The zero-order valence-electron chi connectivity index (χ0n) is 8.89. The zero-order valence-corrected chi connectivity index (χ0v) is 11.0. The Morgan fingerprint density at radius 3 is 2.82 bits per heavy atom. The van der Waals surface area contributed by atoms with Crippen LogP contribution in [0.2, 0.25) is 0 Å². The second kappa shape index (κ2) is 5.18. The van der Waals surface area contributed by atoms with Crippen LogP contribution in [0.5, 0.6) is 0 Å². The van der Waals surface area contributed by atoms with Crippen LogP contribution in [0.25, 0.3) is 17.4 Å². The van der Waals surface area contributed by atoms with E-state index in [2.05, 4.69) is 22.6 Å². The SMILES string of the molecule is NC(=O)C=Cc1ccc(-c2cccc(I)c2)o1. The number of benzene rings is 1. The van der Waals surface area contributed by atoms with Crippen LogP contribution in [0.4, 0.5) is 0 Å². The molecule has 3 nitrogen and oxygen atoms in total. The van der Waals surface area contributed by atoms with Crippen molar-refractivity contribution in [2.24, 2.45) is 5.73 Å². The number of halogens is 1. The van der Waals surface area contributed by atoms with Crippen molar-refractivity contribution in [1.82, 2.24) is 0 Å². The molecule has 1 aromatic carbocycles. The Balaban J connectivity index is 2.27. The van der Waals surface area contributed by atoms with E-state index in [9.17, 15) is 4.79 Å². The molecule has 2 N–H and O–H groups in total. The molecule has 0 aliphatic heterocycles. The molecule has 86 valence electrons. The first-order valence-corrected chi connectivity index (χ1v) is 6.06. The molecule has 0 bridgehead atoms. The van der Waals surface area contributed by atoms with Gasteiger partial charge in [0.15, 0.2) is 0 Å². The van der Waals surface area contributed by atoms with Crippen LogP contribution < -0.4 is 5.73 Å². The highest BCUT2D eigenvalue weighted by atomic mass is 127. The Bertz CT molecular complexity index is 572. The van der Waals surface area contributed by atoms with Gasteiger partial charge in [-0.25, -0.2) is 0 Å². The highest BCUT2D eigenvalue weighted by Gasteiger charge is 2.03. The molecule has 1 amide bonds. The molecule has 2 aromatic rings. The Labute approximate surface area is 112 Å². The quantitative estimate of drug-likeness (QED) is 0.690. The zero-order chi connectivity index (χ0) is 12.3. The fraction of sp³-hybridized carbons (Fsp3) is 0. The van der Waals surface area contributed by atoms with Gasteiger partial charge in [-0.15, -0.1) is 0 Å². The summed E-state index contributed by atoms with van der Waals surface area (Å²) >= 11 is 2.25. The average Bonchev–Trinajstić information content (AvgIpc) is 2.75. The summed E-state index contributed by atoms with van der Waals surface area (Å²) in [6, 6.07) is 11.7. The summed E-state index contributed by atoms with van der Waals surface area (Å²) in [6.45, 7) is 0. The summed E-state index contributed by atoms with van der Waals surface area (Å²) < 4.78 is 6.72. The van der Waals surface area contributed by atoms with Crippen molar-refractivity contribution in [3.05, 3.63) is 51.8 Å². The molecule has 0 radical (unpaired) electrons. The summed E-state index contributed by atoms with van der Waals surface area (Å²) in [5.74, 6) is 0.891. The van der Waals surface area contributed by atoms with Crippen LogP contribution in [0, 0.1) is 3.57 Å². The number of carbonyl (C=O) groups excluding carboxylic acids is 1. The van der Waals surface area contributed by atoms with Crippen LogP contribution in [-0.2, 0) is 4.79 Å². The predicted molar refractivity (Wildman–Crippen MR) is 75.1 cm³/mol. The third-order valence-corrected chi connectivity index (χ3v) is 2.82. The van der Waals surface area contributed by atoms with Crippen molar-refractivity contribution in [2.75, 3.05) is 0 Å². The molecular weight excluding hydrogens is 329 g/mol. The van der Waals surface area contributed by atoms with Crippen LogP contribution in [0.15, 0.2) is 46.9 Å². The van der Waals surface area contributed by atoms with Crippen molar-refractivity contribution in [3.8, 4) is 11.3 Å². The second-order valence-electron chi connectivity index (χ2n) is 3.45. The van der Waals surface area contributed by atoms with E-state index in [4.69, 9.17) is 10.2 Å². The minimum Gasteiger partial charge on any atom is -0.457 e. The summed E-state index contributed by atoms with van der Waals surface area (Å²) in [5.41, 5.74) is 6.02. The maximum absolute atomic E-state index is 10.6. The highest BCUT2D eigenvalue weighted by Crippen LogP contribution is 2.24. The highest BCUT2D eigenvalue weighted by molar-refractivity contribution is 14.1. The second-order valence-corrected chi connectivity index (χ2v) is 4.69. The van der Waals surface area contributed by atoms with E-state index in [1.165, 1.54) is 6.08 Å². The van der Waals surface area contributed by atoms with Crippen molar-refractivity contribution in [2.45, 2.75) is 0 Å². The molecule has 17 heavy (non-hydrogen) atoms. The molecule has 1 heterocycles. The summed E-state index contributed by atoms with van der Waals surface area (Å²) in [4.78, 5) is 10.6. The van der Waals surface area contributed by atoms with E-state index in [0.717, 1.165) is 14.9 Å². The van der Waals surface area contributed by atoms with Gasteiger partial charge in [0.25, 0.3) is 0 Å². The Morgan fingerprint density at radius 1 is 1.29 bits per heavy atom. The smallest absolute Gasteiger partial charge is 0.241 e. The van der Waals surface area contributed by atoms with E-state index < -0.39 is 5.91 Å². The molecule has 4 heteroatoms. The summed E-state index contributed by atoms with van der Waals surface area (Å²) in [6.07, 6.45) is 2.83. The van der Waals surface area contributed by atoms with Crippen molar-refractivity contribution in [1.29, 1.82) is 0 Å². The van der Waals surface area contributed by atoms with Crippen LogP contribution in [0.3, 0.4) is 0 Å². The van der Waals surface area contributed by atoms with Gasteiger partial charge in [-0.2, -0.15) is 0 Å². The minimum absolute atomic E-state index is 0.489. The fourth-order valence-electron chi connectivity index (χ4n) is 1.40. The third kappa shape index (κ3) is 3.20.